The Morgan fingerprint density at radius 3 is 2.26 bits per heavy atom. The number of benzene rings is 2. The molecule has 0 aromatic heterocycles. The lowest BCUT2D eigenvalue weighted by Crippen LogP contribution is -1.93. The number of ketones is 1. The number of allylic oxidation sites excluding steroid dienone is 3. The number of rotatable bonds is 4. The molecule has 1 aliphatic carbocycles. The van der Waals surface area contributed by atoms with Crippen molar-refractivity contribution in [2.24, 2.45) is 0 Å². The molecule has 27 heavy (non-hydrogen) atoms. The molecule has 1 unspecified atom stereocenters. The maximum atomic E-state index is 13.7. The molecule has 2 nitrogen and oxygen atoms in total. The van der Waals surface area contributed by atoms with Gasteiger partial charge in [-0.3, -0.25) is 9.00 Å². The van der Waals surface area contributed by atoms with Crippen LogP contribution in [0, 0.1) is 5.82 Å². The minimum atomic E-state index is -1.01. The Balaban J connectivity index is 0.00000126. The standard InChI is InChI=1S/C21H19FO2S.C2H6/c1-13(23)10-19-14(2)20(18-9-6-16(22)12-21(18)19)11-15-4-7-17(8-5-15)25(3)24;1-2/h4-9,11-12H,10H2,1-3H3;1-2H3/b20-11-;. The van der Waals surface area contributed by atoms with Gasteiger partial charge in [0.25, 0.3) is 0 Å². The van der Waals surface area contributed by atoms with Crippen molar-refractivity contribution in [1.29, 1.82) is 0 Å². The van der Waals surface area contributed by atoms with Crippen molar-refractivity contribution in [1.82, 2.24) is 0 Å². The summed E-state index contributed by atoms with van der Waals surface area (Å²) in [5, 5.41) is 0. The van der Waals surface area contributed by atoms with Crippen molar-refractivity contribution in [2.45, 2.75) is 39.0 Å². The van der Waals surface area contributed by atoms with Crippen LogP contribution in [0.3, 0.4) is 0 Å². The summed E-state index contributed by atoms with van der Waals surface area (Å²) in [4.78, 5) is 12.4. The molecule has 0 radical (unpaired) electrons. The number of hydrogen-bond acceptors (Lipinski definition) is 2. The van der Waals surface area contributed by atoms with Gasteiger partial charge in [-0.05, 0) is 77.6 Å². The van der Waals surface area contributed by atoms with E-state index in [1.165, 1.54) is 12.1 Å². The summed E-state index contributed by atoms with van der Waals surface area (Å²) in [5.74, 6) is -0.246. The van der Waals surface area contributed by atoms with Gasteiger partial charge < -0.3 is 0 Å². The molecule has 0 heterocycles. The zero-order valence-corrected chi connectivity index (χ0v) is 17.2. The number of carbonyl (C=O) groups excluding carboxylic acids is 1. The van der Waals surface area contributed by atoms with Gasteiger partial charge in [0.15, 0.2) is 0 Å². The quantitative estimate of drug-likeness (QED) is 0.658. The summed E-state index contributed by atoms with van der Waals surface area (Å²) >= 11 is 0. The van der Waals surface area contributed by atoms with Crippen molar-refractivity contribution in [3.8, 4) is 0 Å². The first-order valence-corrected chi connectivity index (χ1v) is 10.6. The molecule has 2 aromatic carbocycles. The van der Waals surface area contributed by atoms with Crippen LogP contribution < -0.4 is 0 Å². The van der Waals surface area contributed by atoms with Crippen molar-refractivity contribution in [2.75, 3.05) is 6.26 Å². The summed E-state index contributed by atoms with van der Waals surface area (Å²) in [5.41, 5.74) is 5.60. The Morgan fingerprint density at radius 2 is 1.70 bits per heavy atom. The minimum Gasteiger partial charge on any atom is -0.300 e. The maximum absolute atomic E-state index is 13.7. The van der Waals surface area contributed by atoms with E-state index >= 15 is 0 Å². The average Bonchev–Trinajstić information content (AvgIpc) is 2.88. The predicted octanol–water partition coefficient (Wildman–Crippen LogP) is 5.90. The summed E-state index contributed by atoms with van der Waals surface area (Å²) in [6.07, 6.45) is 3.98. The molecule has 0 saturated carbocycles. The molecule has 0 bridgehead atoms. The largest absolute Gasteiger partial charge is 0.300 e. The Morgan fingerprint density at radius 1 is 1.07 bits per heavy atom. The Hall–Kier alpha value is -2.33. The molecule has 1 atom stereocenters. The molecule has 142 valence electrons. The second-order valence-electron chi connectivity index (χ2n) is 6.25. The van der Waals surface area contributed by atoms with Crippen molar-refractivity contribution >= 4 is 33.8 Å². The van der Waals surface area contributed by atoms with Gasteiger partial charge in [0, 0.05) is 28.4 Å². The van der Waals surface area contributed by atoms with Crippen LogP contribution in [-0.4, -0.2) is 16.2 Å². The molecule has 3 rings (SSSR count). The highest BCUT2D eigenvalue weighted by Gasteiger charge is 2.24. The monoisotopic (exact) mass is 384 g/mol. The van der Waals surface area contributed by atoms with Gasteiger partial charge in [-0.25, -0.2) is 4.39 Å². The van der Waals surface area contributed by atoms with Gasteiger partial charge in [0.1, 0.15) is 11.6 Å². The molecule has 0 N–H and O–H groups in total. The molecule has 0 fully saturated rings. The van der Waals surface area contributed by atoms with E-state index in [0.717, 1.165) is 38.3 Å². The van der Waals surface area contributed by atoms with Gasteiger partial charge in [-0.1, -0.05) is 32.0 Å². The van der Waals surface area contributed by atoms with Crippen LogP contribution in [-0.2, 0) is 15.6 Å². The molecule has 1 aliphatic rings. The topological polar surface area (TPSA) is 34.1 Å². The van der Waals surface area contributed by atoms with Crippen LogP contribution in [0.2, 0.25) is 0 Å². The molecule has 0 spiro atoms. The van der Waals surface area contributed by atoms with Gasteiger partial charge in [-0.2, -0.15) is 0 Å². The molecular formula is C23H25FO2S. The minimum absolute atomic E-state index is 0.0561. The summed E-state index contributed by atoms with van der Waals surface area (Å²) < 4.78 is 25.2. The van der Waals surface area contributed by atoms with E-state index in [4.69, 9.17) is 0 Å². The van der Waals surface area contributed by atoms with Crippen molar-refractivity contribution < 1.29 is 13.4 Å². The summed E-state index contributed by atoms with van der Waals surface area (Å²) in [6, 6.07) is 12.2. The van der Waals surface area contributed by atoms with E-state index in [1.807, 2.05) is 51.1 Å². The first-order valence-electron chi connectivity index (χ1n) is 9.02. The van der Waals surface area contributed by atoms with Crippen LogP contribution in [0.5, 0.6) is 0 Å². The Bertz CT molecular complexity index is 937. The fourth-order valence-corrected chi connectivity index (χ4v) is 3.67. The molecule has 0 aliphatic heterocycles. The number of carbonyl (C=O) groups is 1. The SMILES string of the molecule is CC.CC(=O)CC1=C(C)/C(=C/c2ccc(S(C)=O)cc2)c2ccc(F)cc21. The first-order chi connectivity index (χ1) is 12.9. The van der Waals surface area contributed by atoms with Gasteiger partial charge >= 0.3 is 0 Å². The summed E-state index contributed by atoms with van der Waals surface area (Å²) in [7, 11) is -1.01. The van der Waals surface area contributed by atoms with E-state index in [9.17, 15) is 13.4 Å². The zero-order chi connectivity index (χ0) is 20.1. The lowest BCUT2D eigenvalue weighted by molar-refractivity contribution is -0.116. The van der Waals surface area contributed by atoms with Gasteiger partial charge in [0.2, 0.25) is 0 Å². The number of fused-ring (bicyclic) bond motifs is 1. The normalized spacial score (nSPS) is 15.3. The highest BCUT2D eigenvalue weighted by atomic mass is 32.2. The lowest BCUT2D eigenvalue weighted by Gasteiger charge is -2.05. The second-order valence-corrected chi connectivity index (χ2v) is 7.63. The predicted molar refractivity (Wildman–Crippen MR) is 112 cm³/mol. The number of halogens is 1. The third-order valence-corrected chi connectivity index (χ3v) is 5.34. The first kappa shape index (κ1) is 21.0. The van der Waals surface area contributed by atoms with E-state index in [-0.39, 0.29) is 11.6 Å². The molecular weight excluding hydrogens is 359 g/mol. The van der Waals surface area contributed by atoms with Crippen molar-refractivity contribution in [3.05, 3.63) is 70.5 Å². The lowest BCUT2D eigenvalue weighted by atomic mass is 10.0. The highest BCUT2D eigenvalue weighted by Crippen LogP contribution is 2.43. The second kappa shape index (κ2) is 9.05. The van der Waals surface area contributed by atoms with Crippen molar-refractivity contribution in [3.63, 3.8) is 0 Å². The van der Waals surface area contributed by atoms with Crippen LogP contribution in [0.4, 0.5) is 4.39 Å². The van der Waals surface area contributed by atoms with Crippen LogP contribution >= 0.6 is 0 Å². The van der Waals surface area contributed by atoms with E-state index < -0.39 is 10.8 Å². The Kier molecular flexibility index (Phi) is 7.03. The van der Waals surface area contributed by atoms with E-state index in [1.54, 1.807) is 19.2 Å². The number of Topliss-reactive ketones (excluding diaryl/α,β-unsaturated/α-hetero) is 1. The molecule has 4 heteroatoms. The fourth-order valence-electron chi connectivity index (χ4n) is 3.15. The third kappa shape index (κ3) is 4.69. The summed E-state index contributed by atoms with van der Waals surface area (Å²) in [6.45, 7) is 7.52. The van der Waals surface area contributed by atoms with E-state index in [0.29, 0.717) is 6.42 Å². The maximum Gasteiger partial charge on any atom is 0.134 e. The van der Waals surface area contributed by atoms with Crippen LogP contribution in [0.1, 0.15) is 50.8 Å². The van der Waals surface area contributed by atoms with Gasteiger partial charge in [0.05, 0.1) is 0 Å². The van der Waals surface area contributed by atoms with Crippen LogP contribution in [0.25, 0.3) is 17.2 Å². The smallest absolute Gasteiger partial charge is 0.134 e. The Labute approximate surface area is 163 Å². The zero-order valence-electron chi connectivity index (χ0n) is 16.4. The fraction of sp³-hybridized carbons (Fsp3) is 0.261. The van der Waals surface area contributed by atoms with Gasteiger partial charge in [-0.15, -0.1) is 0 Å². The highest BCUT2D eigenvalue weighted by molar-refractivity contribution is 7.84. The molecule has 2 aromatic rings. The molecule has 0 saturated heterocycles. The molecule has 0 amide bonds. The van der Waals surface area contributed by atoms with Crippen LogP contribution in [0.15, 0.2) is 52.9 Å². The average molecular weight is 385 g/mol. The number of hydrogen-bond donors (Lipinski definition) is 0. The van der Waals surface area contributed by atoms with E-state index in [2.05, 4.69) is 0 Å². The third-order valence-electron chi connectivity index (χ3n) is 4.40.